The van der Waals surface area contributed by atoms with Gasteiger partial charge in [-0.1, -0.05) is 6.07 Å². The first-order valence-electron chi connectivity index (χ1n) is 7.23. The summed E-state index contributed by atoms with van der Waals surface area (Å²) < 4.78 is 18.5. The summed E-state index contributed by atoms with van der Waals surface area (Å²) in [4.78, 5) is 23.7. The molecule has 23 heavy (non-hydrogen) atoms. The fraction of sp³-hybridized carbons (Fsp3) is 0.294. The maximum atomic E-state index is 13.4. The van der Waals surface area contributed by atoms with E-state index in [1.54, 1.807) is 30.4 Å². The van der Waals surface area contributed by atoms with Crippen molar-refractivity contribution in [3.8, 4) is 0 Å². The van der Waals surface area contributed by atoms with E-state index in [0.717, 1.165) is 5.56 Å². The second kappa shape index (κ2) is 7.87. The summed E-state index contributed by atoms with van der Waals surface area (Å²) >= 11 is 1.57. The minimum absolute atomic E-state index is 0.216. The molecule has 4 nitrogen and oxygen atoms in total. The number of hydrogen-bond acceptors (Lipinski definition) is 4. The number of esters is 1. The van der Waals surface area contributed by atoms with Gasteiger partial charge in [-0.25, -0.2) is 4.39 Å². The van der Waals surface area contributed by atoms with Crippen molar-refractivity contribution in [3.63, 3.8) is 0 Å². The van der Waals surface area contributed by atoms with Crippen LogP contribution < -0.4 is 5.32 Å². The molecule has 2 rings (SSSR count). The number of ether oxygens (including phenoxy) is 1. The second-order valence-electron chi connectivity index (χ2n) is 5.22. The molecule has 1 amide bonds. The number of rotatable bonds is 6. The highest BCUT2D eigenvalue weighted by Gasteiger charge is 2.18. The molecule has 1 heterocycles. The van der Waals surface area contributed by atoms with E-state index in [-0.39, 0.29) is 6.42 Å². The van der Waals surface area contributed by atoms with Crippen molar-refractivity contribution >= 4 is 28.9 Å². The summed E-state index contributed by atoms with van der Waals surface area (Å²) in [6.45, 7) is 3.13. The number of carbonyl (C=O) groups is 2. The summed E-state index contributed by atoms with van der Waals surface area (Å²) in [5.74, 6) is -1.32. The maximum absolute atomic E-state index is 13.4. The molecule has 0 saturated carbocycles. The highest BCUT2D eigenvalue weighted by atomic mass is 32.1. The molecule has 1 N–H and O–H groups in total. The molecule has 0 aliphatic rings. The Bertz CT molecular complexity index is 685. The van der Waals surface area contributed by atoms with Crippen molar-refractivity contribution in [2.45, 2.75) is 32.8 Å². The quantitative estimate of drug-likeness (QED) is 0.819. The maximum Gasteiger partial charge on any atom is 0.306 e. The van der Waals surface area contributed by atoms with E-state index in [4.69, 9.17) is 4.74 Å². The van der Waals surface area contributed by atoms with Gasteiger partial charge in [-0.05, 0) is 60.4 Å². The van der Waals surface area contributed by atoms with Gasteiger partial charge in [0.05, 0.1) is 0 Å². The average Bonchev–Trinajstić information content (AvgIpc) is 3.02. The van der Waals surface area contributed by atoms with Gasteiger partial charge in [-0.15, -0.1) is 0 Å². The fourth-order valence-corrected chi connectivity index (χ4v) is 2.61. The number of aryl methyl sites for hydroxylation is 2. The molecule has 2 aromatic rings. The van der Waals surface area contributed by atoms with Gasteiger partial charge in [0.2, 0.25) is 0 Å². The van der Waals surface area contributed by atoms with E-state index < -0.39 is 23.8 Å². The van der Waals surface area contributed by atoms with Crippen LogP contribution in [0, 0.1) is 12.7 Å². The first-order valence-corrected chi connectivity index (χ1v) is 8.17. The fourth-order valence-electron chi connectivity index (χ4n) is 1.91. The molecule has 0 spiro atoms. The zero-order chi connectivity index (χ0) is 16.8. The van der Waals surface area contributed by atoms with Crippen molar-refractivity contribution in [1.82, 2.24) is 0 Å². The number of thiophene rings is 1. The Labute approximate surface area is 138 Å². The van der Waals surface area contributed by atoms with E-state index in [1.807, 2.05) is 16.8 Å². The number of benzene rings is 1. The Morgan fingerprint density at radius 2 is 2.13 bits per heavy atom. The third-order valence-corrected chi connectivity index (χ3v) is 4.05. The molecular formula is C17H18FNO3S. The number of carbonyl (C=O) groups excluding carboxylic acids is 2. The van der Waals surface area contributed by atoms with Crippen LogP contribution in [-0.2, 0) is 20.7 Å². The third kappa shape index (κ3) is 5.17. The molecule has 0 radical (unpaired) electrons. The standard InChI is InChI=1S/C17H18FNO3S/c1-11-3-5-14(9-15(11)18)19-17(21)12(2)22-16(20)6-4-13-7-8-23-10-13/h3,5,7-10,12H,4,6H2,1-2H3,(H,19,21)/t12-/m1/s1. The first-order chi connectivity index (χ1) is 11.0. The molecule has 0 aliphatic carbocycles. The van der Waals surface area contributed by atoms with Crippen LogP contribution in [0.15, 0.2) is 35.0 Å². The zero-order valence-corrected chi connectivity index (χ0v) is 13.8. The lowest BCUT2D eigenvalue weighted by molar-refractivity contribution is -0.153. The van der Waals surface area contributed by atoms with E-state index in [1.165, 1.54) is 13.0 Å². The van der Waals surface area contributed by atoms with E-state index in [9.17, 15) is 14.0 Å². The van der Waals surface area contributed by atoms with Gasteiger partial charge < -0.3 is 10.1 Å². The van der Waals surface area contributed by atoms with Crippen LogP contribution in [0.5, 0.6) is 0 Å². The lowest BCUT2D eigenvalue weighted by atomic mass is 10.2. The molecule has 0 aliphatic heterocycles. The van der Waals surface area contributed by atoms with E-state index in [2.05, 4.69) is 5.32 Å². The van der Waals surface area contributed by atoms with Crippen molar-refractivity contribution < 1.29 is 18.7 Å². The van der Waals surface area contributed by atoms with Crippen LogP contribution in [0.3, 0.4) is 0 Å². The minimum Gasteiger partial charge on any atom is -0.453 e. The molecule has 0 fully saturated rings. The van der Waals surface area contributed by atoms with Crippen LogP contribution in [0.4, 0.5) is 10.1 Å². The summed E-state index contributed by atoms with van der Waals surface area (Å²) in [5.41, 5.74) is 1.90. The molecule has 0 saturated heterocycles. The normalized spacial score (nSPS) is 11.8. The second-order valence-corrected chi connectivity index (χ2v) is 6.00. The van der Waals surface area contributed by atoms with Crippen molar-refractivity contribution in [3.05, 3.63) is 52.0 Å². The summed E-state index contributed by atoms with van der Waals surface area (Å²) in [6, 6.07) is 6.35. The highest BCUT2D eigenvalue weighted by molar-refractivity contribution is 7.07. The molecule has 1 aromatic carbocycles. The topological polar surface area (TPSA) is 55.4 Å². The zero-order valence-electron chi connectivity index (χ0n) is 13.0. The summed E-state index contributed by atoms with van der Waals surface area (Å²) in [7, 11) is 0. The predicted molar refractivity (Wildman–Crippen MR) is 88.0 cm³/mol. The Balaban J connectivity index is 1.81. The third-order valence-electron chi connectivity index (χ3n) is 3.31. The first kappa shape index (κ1) is 17.1. The molecule has 122 valence electrons. The lowest BCUT2D eigenvalue weighted by Gasteiger charge is -2.13. The summed E-state index contributed by atoms with van der Waals surface area (Å²) in [6.07, 6.45) is -0.137. The molecule has 1 atom stereocenters. The SMILES string of the molecule is Cc1ccc(NC(=O)[C@@H](C)OC(=O)CCc2ccsc2)cc1F. The Hall–Kier alpha value is -2.21. The van der Waals surface area contributed by atoms with Gasteiger partial charge in [0.15, 0.2) is 6.10 Å². The summed E-state index contributed by atoms with van der Waals surface area (Å²) in [5, 5.41) is 6.44. The molecule has 1 aromatic heterocycles. The van der Waals surface area contributed by atoms with Crippen molar-refractivity contribution in [2.24, 2.45) is 0 Å². The lowest BCUT2D eigenvalue weighted by Crippen LogP contribution is -2.30. The Morgan fingerprint density at radius 1 is 1.35 bits per heavy atom. The van der Waals surface area contributed by atoms with Crippen LogP contribution in [0.1, 0.15) is 24.5 Å². The van der Waals surface area contributed by atoms with Gasteiger partial charge in [-0.3, -0.25) is 9.59 Å². The average molecular weight is 335 g/mol. The Morgan fingerprint density at radius 3 is 2.78 bits per heavy atom. The van der Waals surface area contributed by atoms with Crippen LogP contribution in [0.2, 0.25) is 0 Å². The van der Waals surface area contributed by atoms with E-state index >= 15 is 0 Å². The number of halogens is 1. The largest absolute Gasteiger partial charge is 0.453 e. The Kier molecular flexibility index (Phi) is 5.87. The van der Waals surface area contributed by atoms with E-state index in [0.29, 0.717) is 17.7 Å². The smallest absolute Gasteiger partial charge is 0.306 e. The number of nitrogens with one attached hydrogen (secondary N) is 1. The monoisotopic (exact) mass is 335 g/mol. The van der Waals surface area contributed by atoms with Crippen LogP contribution in [-0.4, -0.2) is 18.0 Å². The minimum atomic E-state index is -0.936. The van der Waals surface area contributed by atoms with Gasteiger partial charge in [-0.2, -0.15) is 11.3 Å². The van der Waals surface area contributed by atoms with Gasteiger partial charge in [0, 0.05) is 12.1 Å². The van der Waals surface area contributed by atoms with Gasteiger partial charge >= 0.3 is 5.97 Å². The number of amides is 1. The number of hydrogen-bond donors (Lipinski definition) is 1. The van der Waals surface area contributed by atoms with Crippen molar-refractivity contribution in [2.75, 3.05) is 5.32 Å². The number of anilines is 1. The van der Waals surface area contributed by atoms with Gasteiger partial charge in [0.25, 0.3) is 5.91 Å². The highest BCUT2D eigenvalue weighted by Crippen LogP contribution is 2.14. The van der Waals surface area contributed by atoms with Crippen LogP contribution in [0.25, 0.3) is 0 Å². The van der Waals surface area contributed by atoms with Gasteiger partial charge in [0.1, 0.15) is 5.82 Å². The molecular weight excluding hydrogens is 317 g/mol. The van der Waals surface area contributed by atoms with Crippen molar-refractivity contribution in [1.29, 1.82) is 0 Å². The van der Waals surface area contributed by atoms with Crippen LogP contribution >= 0.6 is 11.3 Å². The molecule has 6 heteroatoms. The molecule has 0 bridgehead atoms. The molecule has 0 unspecified atom stereocenters. The predicted octanol–water partition coefficient (Wildman–Crippen LogP) is 3.70.